The van der Waals surface area contributed by atoms with Crippen LogP contribution in [0.1, 0.15) is 34.8 Å². The molecule has 0 aliphatic carbocycles. The molecule has 7 heteroatoms. The van der Waals surface area contributed by atoms with E-state index in [0.717, 1.165) is 26.7 Å². The van der Waals surface area contributed by atoms with Gasteiger partial charge in [-0.25, -0.2) is 4.99 Å². The van der Waals surface area contributed by atoms with Crippen molar-refractivity contribution in [2.24, 2.45) is 4.99 Å². The molecule has 0 spiro atoms. The Bertz CT molecular complexity index is 1440. The van der Waals surface area contributed by atoms with Gasteiger partial charge in [-0.1, -0.05) is 94.8 Å². The van der Waals surface area contributed by atoms with Gasteiger partial charge in [0.25, 0.3) is 5.91 Å². The summed E-state index contributed by atoms with van der Waals surface area (Å²) in [6, 6.07) is 35.0. The molecule has 0 saturated heterocycles. The Hall–Kier alpha value is -3.94. The lowest BCUT2D eigenvalue weighted by molar-refractivity contribution is -0.129. The number of hydrogen-bond acceptors (Lipinski definition) is 5. The van der Waals surface area contributed by atoms with Gasteiger partial charge in [0, 0.05) is 41.6 Å². The Morgan fingerprint density at radius 2 is 1.55 bits per heavy atom. The monoisotopic (exact) mass is 598 g/mol. The number of ether oxygens (including phenoxy) is 2. The molecular formula is C33H31BrN2O4. The molecule has 2 N–H and O–H groups in total. The Balaban J connectivity index is 1.55. The van der Waals surface area contributed by atoms with Crippen LogP contribution in [0.15, 0.2) is 119 Å². The summed E-state index contributed by atoms with van der Waals surface area (Å²) < 4.78 is 13.1. The van der Waals surface area contributed by atoms with Crippen LogP contribution in [0.25, 0.3) is 0 Å². The predicted molar refractivity (Wildman–Crippen MR) is 159 cm³/mol. The number of carbonyl (C=O) groups is 1. The molecule has 2 atom stereocenters. The molecule has 4 aromatic carbocycles. The van der Waals surface area contributed by atoms with Crippen LogP contribution in [-0.4, -0.2) is 35.7 Å². The summed E-state index contributed by atoms with van der Waals surface area (Å²) in [6.45, 7) is 0.887. The highest BCUT2D eigenvalue weighted by molar-refractivity contribution is 9.10. The fourth-order valence-corrected chi connectivity index (χ4v) is 5.28. The van der Waals surface area contributed by atoms with E-state index in [0.29, 0.717) is 37.6 Å². The van der Waals surface area contributed by atoms with Gasteiger partial charge in [0.15, 0.2) is 11.6 Å². The maximum Gasteiger partial charge on any atom is 0.252 e. The van der Waals surface area contributed by atoms with Gasteiger partial charge in [0.2, 0.25) is 5.90 Å². The van der Waals surface area contributed by atoms with Crippen molar-refractivity contribution in [3.63, 3.8) is 0 Å². The average molecular weight is 600 g/mol. The summed E-state index contributed by atoms with van der Waals surface area (Å²) in [7, 11) is 0. The van der Waals surface area contributed by atoms with Gasteiger partial charge in [0.1, 0.15) is 5.75 Å². The molecule has 0 bridgehead atoms. The van der Waals surface area contributed by atoms with Crippen LogP contribution in [0.5, 0.6) is 5.75 Å². The number of hydrogen-bond donors (Lipinski definition) is 2. The number of nitrogens with zero attached hydrogens (tertiary/aromatic N) is 1. The van der Waals surface area contributed by atoms with Crippen molar-refractivity contribution >= 4 is 27.7 Å². The lowest BCUT2D eigenvalue weighted by Gasteiger charge is -2.31. The van der Waals surface area contributed by atoms with Crippen LogP contribution in [0, 0.1) is 0 Å². The Morgan fingerprint density at radius 3 is 2.23 bits per heavy atom. The summed E-state index contributed by atoms with van der Waals surface area (Å²) in [5.41, 5.74) is 2.32. The number of benzene rings is 4. The lowest BCUT2D eigenvalue weighted by Crippen LogP contribution is -2.49. The first-order valence-corrected chi connectivity index (χ1v) is 14.1. The molecule has 1 amide bonds. The van der Waals surface area contributed by atoms with Crippen molar-refractivity contribution in [2.75, 3.05) is 13.2 Å². The number of halogens is 1. The SMILES string of the molecule is O=C(NCc1ccccc1)[C@]1(Cc2ccccc2)N=C(c2ccc(OCCCO)cc2)O[C@@H]1c1ccccc1Br. The highest BCUT2D eigenvalue weighted by Crippen LogP contribution is 2.44. The molecule has 0 radical (unpaired) electrons. The number of aliphatic hydroxyl groups is 1. The normalized spacial score (nSPS) is 18.1. The molecule has 0 saturated carbocycles. The first kappa shape index (κ1) is 27.6. The van der Waals surface area contributed by atoms with Crippen LogP contribution in [-0.2, 0) is 22.5 Å². The standard InChI is InChI=1S/C33H31BrN2O4/c34-29-15-8-7-14-28(29)30-33(22-24-10-3-1-4-11-24,32(38)35-23-25-12-5-2-6-13-25)36-31(40-30)26-16-18-27(19-17-26)39-21-9-20-37/h1-8,10-19,30,37H,9,20-23H2,(H,35,38)/t30-,33-/m1/s1. The second kappa shape index (κ2) is 12.9. The topological polar surface area (TPSA) is 80.2 Å². The van der Waals surface area contributed by atoms with E-state index in [4.69, 9.17) is 19.6 Å². The van der Waals surface area contributed by atoms with Crippen molar-refractivity contribution in [2.45, 2.75) is 31.0 Å². The van der Waals surface area contributed by atoms with Gasteiger partial charge < -0.3 is 19.9 Å². The summed E-state index contributed by atoms with van der Waals surface area (Å²) in [6.07, 6.45) is 0.243. The number of amides is 1. The zero-order chi connectivity index (χ0) is 27.8. The Morgan fingerprint density at radius 1 is 0.900 bits per heavy atom. The number of nitrogens with one attached hydrogen (secondary N) is 1. The van der Waals surface area contributed by atoms with Crippen LogP contribution < -0.4 is 10.1 Å². The minimum Gasteiger partial charge on any atom is -0.494 e. The molecule has 40 heavy (non-hydrogen) atoms. The summed E-state index contributed by atoms with van der Waals surface area (Å²) >= 11 is 3.69. The first-order valence-electron chi connectivity index (χ1n) is 13.3. The van der Waals surface area contributed by atoms with E-state index in [2.05, 4.69) is 21.2 Å². The van der Waals surface area contributed by atoms with Crippen molar-refractivity contribution in [1.82, 2.24) is 5.32 Å². The van der Waals surface area contributed by atoms with Crippen LogP contribution in [0.2, 0.25) is 0 Å². The predicted octanol–water partition coefficient (Wildman–Crippen LogP) is 6.03. The number of aliphatic hydroxyl groups excluding tert-OH is 1. The van der Waals surface area contributed by atoms with Crippen molar-refractivity contribution in [3.05, 3.63) is 136 Å². The van der Waals surface area contributed by atoms with E-state index in [1.807, 2.05) is 109 Å². The third kappa shape index (κ3) is 6.27. The molecule has 0 unspecified atom stereocenters. The third-order valence-electron chi connectivity index (χ3n) is 6.83. The van der Waals surface area contributed by atoms with E-state index < -0.39 is 11.6 Å². The van der Waals surface area contributed by atoms with Gasteiger partial charge in [-0.15, -0.1) is 0 Å². The van der Waals surface area contributed by atoms with Gasteiger partial charge >= 0.3 is 0 Å². The maximum atomic E-state index is 14.3. The quantitative estimate of drug-likeness (QED) is 0.207. The zero-order valence-corrected chi connectivity index (χ0v) is 23.6. The Kier molecular flexibility index (Phi) is 8.94. The van der Waals surface area contributed by atoms with Gasteiger partial charge in [-0.3, -0.25) is 4.79 Å². The minimum atomic E-state index is -1.26. The zero-order valence-electron chi connectivity index (χ0n) is 22.0. The molecule has 1 aliphatic rings. The second-order valence-corrected chi connectivity index (χ2v) is 10.5. The van der Waals surface area contributed by atoms with E-state index >= 15 is 0 Å². The molecule has 0 fully saturated rings. The molecule has 0 aromatic heterocycles. The maximum absolute atomic E-state index is 14.3. The van der Waals surface area contributed by atoms with E-state index in [1.54, 1.807) is 0 Å². The van der Waals surface area contributed by atoms with Gasteiger partial charge in [-0.2, -0.15) is 0 Å². The van der Waals surface area contributed by atoms with Gasteiger partial charge in [-0.05, 0) is 41.5 Å². The summed E-state index contributed by atoms with van der Waals surface area (Å²) in [5, 5.41) is 12.2. The Labute approximate surface area is 242 Å². The number of aliphatic imine (C=N–C) groups is 1. The van der Waals surface area contributed by atoms with Crippen molar-refractivity contribution in [3.8, 4) is 5.75 Å². The second-order valence-electron chi connectivity index (χ2n) is 9.64. The molecular weight excluding hydrogens is 568 g/mol. The van der Waals surface area contributed by atoms with Crippen molar-refractivity contribution < 1.29 is 19.4 Å². The highest BCUT2D eigenvalue weighted by Gasteiger charge is 2.53. The first-order chi connectivity index (χ1) is 19.6. The van der Waals surface area contributed by atoms with Crippen molar-refractivity contribution in [1.29, 1.82) is 0 Å². The highest BCUT2D eigenvalue weighted by atomic mass is 79.9. The summed E-state index contributed by atoms with van der Waals surface area (Å²) in [5.74, 6) is 0.877. The van der Waals surface area contributed by atoms with E-state index in [1.165, 1.54) is 0 Å². The number of carbonyl (C=O) groups excluding carboxylic acids is 1. The van der Waals surface area contributed by atoms with E-state index in [9.17, 15) is 4.79 Å². The summed E-state index contributed by atoms with van der Waals surface area (Å²) in [4.78, 5) is 19.4. The van der Waals surface area contributed by atoms with Crippen LogP contribution in [0.3, 0.4) is 0 Å². The molecule has 6 nitrogen and oxygen atoms in total. The van der Waals surface area contributed by atoms with Crippen LogP contribution in [0.4, 0.5) is 0 Å². The fourth-order valence-electron chi connectivity index (χ4n) is 4.79. The third-order valence-corrected chi connectivity index (χ3v) is 7.55. The van der Waals surface area contributed by atoms with E-state index in [-0.39, 0.29) is 12.5 Å². The average Bonchev–Trinajstić information content (AvgIpc) is 3.37. The van der Waals surface area contributed by atoms with Crippen LogP contribution >= 0.6 is 15.9 Å². The molecule has 1 aliphatic heterocycles. The molecule has 204 valence electrons. The minimum absolute atomic E-state index is 0.0784. The molecule has 1 heterocycles. The largest absolute Gasteiger partial charge is 0.494 e. The molecule has 5 rings (SSSR count). The molecule has 4 aromatic rings. The fraction of sp³-hybridized carbons (Fsp3) is 0.212. The lowest BCUT2D eigenvalue weighted by atomic mass is 9.82. The van der Waals surface area contributed by atoms with Gasteiger partial charge in [0.05, 0.1) is 6.61 Å². The number of rotatable bonds is 11. The smallest absolute Gasteiger partial charge is 0.252 e.